The van der Waals surface area contributed by atoms with Crippen molar-refractivity contribution in [1.29, 1.82) is 0 Å². The highest BCUT2D eigenvalue weighted by Crippen LogP contribution is 2.13. The number of nitrogens with zero attached hydrogens (tertiary/aromatic N) is 1. The minimum absolute atomic E-state index is 0. The summed E-state index contributed by atoms with van der Waals surface area (Å²) in [6.07, 6.45) is 2.24. The lowest BCUT2D eigenvalue weighted by molar-refractivity contribution is 0.339. The van der Waals surface area contributed by atoms with E-state index in [2.05, 4.69) is 17.0 Å². The molecule has 1 aromatic carbocycles. The van der Waals surface area contributed by atoms with Crippen LogP contribution in [0.25, 0.3) is 0 Å². The van der Waals surface area contributed by atoms with Crippen LogP contribution in [0, 0.1) is 0 Å². The molecule has 0 spiro atoms. The number of rotatable bonds is 4. The minimum atomic E-state index is 0. The Morgan fingerprint density at radius 1 is 1.35 bits per heavy atom. The van der Waals surface area contributed by atoms with Crippen LogP contribution in [0.5, 0.6) is 5.75 Å². The molecule has 0 bridgehead atoms. The second-order valence-electron chi connectivity index (χ2n) is 4.45. The van der Waals surface area contributed by atoms with Gasteiger partial charge in [0, 0.05) is 19.1 Å². The molecule has 0 aliphatic carbocycles. The smallest absolute Gasteiger partial charge is 0.118 e. The molecule has 1 atom stereocenters. The van der Waals surface area contributed by atoms with Crippen LogP contribution < -0.4 is 10.5 Å². The lowest BCUT2D eigenvalue weighted by Gasteiger charge is -2.14. The molecule has 1 fully saturated rings. The Bertz CT molecular complexity index is 329. The highest BCUT2D eigenvalue weighted by atomic mass is 35.5. The summed E-state index contributed by atoms with van der Waals surface area (Å²) in [7, 11) is 1.70. The first-order valence-corrected chi connectivity index (χ1v) is 5.89. The summed E-state index contributed by atoms with van der Waals surface area (Å²) in [6.45, 7) is 3.31. The zero-order valence-corrected chi connectivity index (χ0v) is 11.1. The number of methoxy groups -OCH3 is 1. The number of likely N-dealkylation sites (tertiary alicyclic amines) is 1. The highest BCUT2D eigenvalue weighted by Gasteiger charge is 2.17. The molecule has 1 aliphatic rings. The van der Waals surface area contributed by atoms with E-state index in [9.17, 15) is 0 Å². The van der Waals surface area contributed by atoms with E-state index in [0.717, 1.165) is 38.2 Å². The summed E-state index contributed by atoms with van der Waals surface area (Å²) in [4.78, 5) is 2.44. The standard InChI is InChI=1S/C13H20N2O.ClH/c1-16-13-4-2-11(3-5-13)6-8-15-9-7-12(14)10-15;/h2-5,12H,6-10,14H2,1H3;1H/t12-;/m0./s1. The SMILES string of the molecule is COc1ccc(CCN2CC[C@H](N)C2)cc1.Cl. The van der Waals surface area contributed by atoms with E-state index in [1.165, 1.54) is 5.56 Å². The van der Waals surface area contributed by atoms with Gasteiger partial charge in [0.05, 0.1) is 7.11 Å². The summed E-state index contributed by atoms with van der Waals surface area (Å²) in [5.41, 5.74) is 7.24. The predicted octanol–water partition coefficient (Wildman–Crippen LogP) is 1.69. The van der Waals surface area contributed by atoms with Crippen molar-refractivity contribution in [3.8, 4) is 5.75 Å². The maximum Gasteiger partial charge on any atom is 0.118 e. The Hall–Kier alpha value is -0.770. The van der Waals surface area contributed by atoms with Crippen molar-refractivity contribution >= 4 is 12.4 Å². The van der Waals surface area contributed by atoms with Gasteiger partial charge < -0.3 is 15.4 Å². The number of hydrogen-bond acceptors (Lipinski definition) is 3. The Morgan fingerprint density at radius 2 is 2.06 bits per heavy atom. The fourth-order valence-corrected chi connectivity index (χ4v) is 2.15. The molecule has 17 heavy (non-hydrogen) atoms. The molecule has 4 heteroatoms. The van der Waals surface area contributed by atoms with Crippen molar-refractivity contribution in [2.24, 2.45) is 5.73 Å². The fraction of sp³-hybridized carbons (Fsp3) is 0.538. The molecule has 0 radical (unpaired) electrons. The zero-order valence-electron chi connectivity index (χ0n) is 10.3. The number of benzene rings is 1. The molecule has 2 N–H and O–H groups in total. The second-order valence-corrected chi connectivity index (χ2v) is 4.45. The molecule has 0 aromatic heterocycles. The van der Waals surface area contributed by atoms with Gasteiger partial charge >= 0.3 is 0 Å². The molecule has 1 aromatic rings. The van der Waals surface area contributed by atoms with Gasteiger partial charge in [0.15, 0.2) is 0 Å². The summed E-state index contributed by atoms with van der Waals surface area (Å²) >= 11 is 0. The van der Waals surface area contributed by atoms with Gasteiger partial charge in [-0.05, 0) is 37.1 Å². The number of nitrogens with two attached hydrogens (primary N) is 1. The first-order valence-electron chi connectivity index (χ1n) is 5.89. The predicted molar refractivity (Wildman–Crippen MR) is 73.0 cm³/mol. The van der Waals surface area contributed by atoms with Crippen molar-refractivity contribution in [1.82, 2.24) is 4.90 Å². The van der Waals surface area contributed by atoms with E-state index in [1.807, 2.05) is 12.1 Å². The second kappa shape index (κ2) is 6.84. The molecular formula is C13H21ClN2O. The van der Waals surface area contributed by atoms with Crippen LogP contribution in [0.2, 0.25) is 0 Å². The van der Waals surface area contributed by atoms with Crippen LogP contribution in [0.4, 0.5) is 0 Å². The van der Waals surface area contributed by atoms with Crippen molar-refractivity contribution in [3.05, 3.63) is 29.8 Å². The Labute approximate surface area is 109 Å². The fourth-order valence-electron chi connectivity index (χ4n) is 2.15. The van der Waals surface area contributed by atoms with E-state index in [4.69, 9.17) is 10.5 Å². The highest BCUT2D eigenvalue weighted by molar-refractivity contribution is 5.85. The molecule has 3 nitrogen and oxygen atoms in total. The third-order valence-corrected chi connectivity index (χ3v) is 3.18. The topological polar surface area (TPSA) is 38.5 Å². The Kier molecular flexibility index (Phi) is 5.75. The molecular weight excluding hydrogens is 236 g/mol. The van der Waals surface area contributed by atoms with E-state index < -0.39 is 0 Å². The largest absolute Gasteiger partial charge is 0.497 e. The van der Waals surface area contributed by atoms with Gasteiger partial charge in [-0.1, -0.05) is 12.1 Å². The summed E-state index contributed by atoms with van der Waals surface area (Å²) in [6, 6.07) is 8.69. The van der Waals surface area contributed by atoms with Crippen LogP contribution in [0.15, 0.2) is 24.3 Å². The van der Waals surface area contributed by atoms with E-state index in [1.54, 1.807) is 7.11 Å². The van der Waals surface area contributed by atoms with Crippen LogP contribution >= 0.6 is 12.4 Å². The Balaban J connectivity index is 0.00000144. The summed E-state index contributed by atoms with van der Waals surface area (Å²) in [5.74, 6) is 0.923. The third-order valence-electron chi connectivity index (χ3n) is 3.18. The number of ether oxygens (including phenoxy) is 1. The monoisotopic (exact) mass is 256 g/mol. The van der Waals surface area contributed by atoms with Gasteiger partial charge in [-0.3, -0.25) is 0 Å². The third kappa shape index (κ3) is 4.19. The average molecular weight is 257 g/mol. The van der Waals surface area contributed by atoms with Gasteiger partial charge in [-0.25, -0.2) is 0 Å². The Morgan fingerprint density at radius 3 is 2.59 bits per heavy atom. The zero-order chi connectivity index (χ0) is 11.4. The molecule has 1 saturated heterocycles. The molecule has 0 amide bonds. The normalized spacial score (nSPS) is 20.0. The molecule has 0 unspecified atom stereocenters. The maximum absolute atomic E-state index is 5.87. The minimum Gasteiger partial charge on any atom is -0.497 e. The molecule has 0 saturated carbocycles. The van der Waals surface area contributed by atoms with Gasteiger partial charge in [0.2, 0.25) is 0 Å². The number of halogens is 1. The molecule has 2 rings (SSSR count). The van der Waals surface area contributed by atoms with Crippen molar-refractivity contribution in [3.63, 3.8) is 0 Å². The van der Waals surface area contributed by atoms with Gasteiger partial charge in [-0.15, -0.1) is 12.4 Å². The average Bonchev–Trinajstić information content (AvgIpc) is 2.73. The van der Waals surface area contributed by atoms with E-state index in [0.29, 0.717) is 6.04 Å². The van der Waals surface area contributed by atoms with Gasteiger partial charge in [0.1, 0.15) is 5.75 Å². The molecule has 1 aliphatic heterocycles. The molecule has 1 heterocycles. The summed E-state index contributed by atoms with van der Waals surface area (Å²) in [5, 5.41) is 0. The van der Waals surface area contributed by atoms with Gasteiger partial charge in [-0.2, -0.15) is 0 Å². The van der Waals surface area contributed by atoms with Crippen LogP contribution in [-0.2, 0) is 6.42 Å². The molecule has 96 valence electrons. The van der Waals surface area contributed by atoms with Crippen LogP contribution in [0.1, 0.15) is 12.0 Å². The van der Waals surface area contributed by atoms with Crippen molar-refractivity contribution in [2.75, 3.05) is 26.7 Å². The maximum atomic E-state index is 5.87. The number of hydrogen-bond donors (Lipinski definition) is 1. The first kappa shape index (κ1) is 14.3. The van der Waals surface area contributed by atoms with Crippen LogP contribution in [-0.4, -0.2) is 37.7 Å². The van der Waals surface area contributed by atoms with E-state index >= 15 is 0 Å². The van der Waals surface area contributed by atoms with E-state index in [-0.39, 0.29) is 12.4 Å². The lowest BCUT2D eigenvalue weighted by atomic mass is 10.1. The quantitative estimate of drug-likeness (QED) is 0.891. The lowest BCUT2D eigenvalue weighted by Crippen LogP contribution is -2.28. The van der Waals surface area contributed by atoms with Crippen LogP contribution in [0.3, 0.4) is 0 Å². The van der Waals surface area contributed by atoms with Crippen molar-refractivity contribution < 1.29 is 4.74 Å². The summed E-state index contributed by atoms with van der Waals surface area (Å²) < 4.78 is 5.13. The van der Waals surface area contributed by atoms with Gasteiger partial charge in [0.25, 0.3) is 0 Å². The first-order chi connectivity index (χ1) is 7.78. The van der Waals surface area contributed by atoms with Crippen molar-refractivity contribution in [2.45, 2.75) is 18.9 Å².